The van der Waals surface area contributed by atoms with Gasteiger partial charge in [-0.1, -0.05) is 6.07 Å². The maximum atomic E-state index is 5.35. The van der Waals surface area contributed by atoms with Crippen LogP contribution in [0.25, 0.3) is 22.3 Å². The predicted octanol–water partition coefficient (Wildman–Crippen LogP) is 4.10. The van der Waals surface area contributed by atoms with Crippen molar-refractivity contribution in [1.82, 2.24) is 9.97 Å². The van der Waals surface area contributed by atoms with Gasteiger partial charge in [-0.3, -0.25) is 0 Å². The van der Waals surface area contributed by atoms with E-state index in [4.69, 9.17) is 4.74 Å². The molecule has 3 aromatic rings. The lowest BCUT2D eigenvalue weighted by Crippen LogP contribution is -2.03. The Labute approximate surface area is 125 Å². The number of halogens is 1. The molecule has 1 N–H and O–H groups in total. The lowest BCUT2D eigenvalue weighted by atomic mass is 9.89. The Morgan fingerprint density at radius 3 is 3.00 bits per heavy atom. The summed E-state index contributed by atoms with van der Waals surface area (Å²) in [6.07, 6.45) is 3.94. The van der Waals surface area contributed by atoms with E-state index in [1.54, 1.807) is 7.11 Å². The molecule has 0 unspecified atom stereocenters. The zero-order chi connectivity index (χ0) is 13.7. The number of fused-ring (bicyclic) bond motifs is 5. The molecule has 1 aliphatic rings. The molecular formula is C16H13BrN2O. The number of pyridine rings is 1. The Morgan fingerprint density at radius 2 is 2.15 bits per heavy atom. The molecule has 2 aromatic heterocycles. The van der Waals surface area contributed by atoms with Gasteiger partial charge in [0.2, 0.25) is 0 Å². The molecule has 0 amide bonds. The molecular weight excluding hydrogens is 316 g/mol. The summed E-state index contributed by atoms with van der Waals surface area (Å²) in [6, 6.07) is 8.44. The van der Waals surface area contributed by atoms with Crippen molar-refractivity contribution in [3.63, 3.8) is 0 Å². The standard InChI is InChI=1S/C16H13BrN2O/c1-20-11-4-2-9-3-5-12-14-6-10(17)8-18-16(14)19-15(12)13(9)7-11/h2,4,6-8H,3,5H2,1H3,(H,18,19). The van der Waals surface area contributed by atoms with E-state index in [0.717, 1.165) is 28.7 Å². The molecule has 1 aliphatic carbocycles. The fourth-order valence-corrected chi connectivity index (χ4v) is 3.31. The summed E-state index contributed by atoms with van der Waals surface area (Å²) in [5.41, 5.74) is 6.10. The Morgan fingerprint density at radius 1 is 1.25 bits per heavy atom. The fourth-order valence-electron chi connectivity index (χ4n) is 2.98. The van der Waals surface area contributed by atoms with Gasteiger partial charge in [0.15, 0.2) is 0 Å². The topological polar surface area (TPSA) is 37.9 Å². The molecule has 0 saturated carbocycles. The van der Waals surface area contributed by atoms with Crippen LogP contribution >= 0.6 is 15.9 Å². The van der Waals surface area contributed by atoms with Crippen LogP contribution in [0.15, 0.2) is 34.9 Å². The van der Waals surface area contributed by atoms with Crippen LogP contribution in [0, 0.1) is 0 Å². The summed E-state index contributed by atoms with van der Waals surface area (Å²) in [5.74, 6) is 0.893. The molecule has 0 spiro atoms. The van der Waals surface area contributed by atoms with Crippen molar-refractivity contribution in [3.8, 4) is 17.0 Å². The van der Waals surface area contributed by atoms with E-state index in [1.807, 2.05) is 12.3 Å². The molecule has 2 heterocycles. The lowest BCUT2D eigenvalue weighted by Gasteiger charge is -2.17. The Bertz CT molecular complexity index is 823. The Balaban J connectivity index is 2.01. The van der Waals surface area contributed by atoms with Crippen LogP contribution in [0.1, 0.15) is 11.1 Å². The largest absolute Gasteiger partial charge is 0.497 e. The quantitative estimate of drug-likeness (QED) is 0.730. The highest BCUT2D eigenvalue weighted by atomic mass is 79.9. The number of aromatic nitrogens is 2. The minimum absolute atomic E-state index is 0.893. The third-order valence-corrected chi connectivity index (χ3v) is 4.39. The van der Waals surface area contributed by atoms with E-state index in [0.29, 0.717) is 0 Å². The molecule has 0 radical (unpaired) electrons. The number of hydrogen-bond donors (Lipinski definition) is 1. The summed E-state index contributed by atoms with van der Waals surface area (Å²) in [7, 11) is 1.70. The lowest BCUT2D eigenvalue weighted by molar-refractivity contribution is 0.415. The number of methoxy groups -OCH3 is 1. The summed E-state index contributed by atoms with van der Waals surface area (Å²) in [4.78, 5) is 7.93. The molecule has 4 rings (SSSR count). The van der Waals surface area contributed by atoms with Crippen LogP contribution in [0.3, 0.4) is 0 Å². The number of aromatic amines is 1. The Hall–Kier alpha value is -1.81. The van der Waals surface area contributed by atoms with Gasteiger partial charge in [-0.25, -0.2) is 4.98 Å². The first-order valence-electron chi connectivity index (χ1n) is 6.59. The average Bonchev–Trinajstić information content (AvgIpc) is 2.85. The molecule has 0 bridgehead atoms. The summed E-state index contributed by atoms with van der Waals surface area (Å²) >= 11 is 3.50. The zero-order valence-corrected chi connectivity index (χ0v) is 12.6. The Kier molecular flexibility index (Phi) is 2.60. The predicted molar refractivity (Wildman–Crippen MR) is 83.2 cm³/mol. The van der Waals surface area contributed by atoms with Gasteiger partial charge < -0.3 is 9.72 Å². The molecule has 1 aromatic carbocycles. The van der Waals surface area contributed by atoms with E-state index < -0.39 is 0 Å². The third-order valence-electron chi connectivity index (χ3n) is 3.96. The highest BCUT2D eigenvalue weighted by Crippen LogP contribution is 2.39. The van der Waals surface area contributed by atoms with Crippen molar-refractivity contribution in [1.29, 1.82) is 0 Å². The smallest absolute Gasteiger partial charge is 0.138 e. The average molecular weight is 329 g/mol. The van der Waals surface area contributed by atoms with Gasteiger partial charge in [-0.15, -0.1) is 0 Å². The van der Waals surface area contributed by atoms with Crippen molar-refractivity contribution in [3.05, 3.63) is 46.1 Å². The number of nitrogens with zero attached hydrogens (tertiary/aromatic N) is 1. The maximum absolute atomic E-state index is 5.35. The van der Waals surface area contributed by atoms with Gasteiger partial charge >= 0.3 is 0 Å². The first-order valence-corrected chi connectivity index (χ1v) is 7.39. The summed E-state index contributed by atoms with van der Waals surface area (Å²) in [6.45, 7) is 0. The first-order chi connectivity index (χ1) is 9.76. The molecule has 20 heavy (non-hydrogen) atoms. The van der Waals surface area contributed by atoms with Crippen molar-refractivity contribution < 1.29 is 4.74 Å². The van der Waals surface area contributed by atoms with Crippen molar-refractivity contribution in [2.75, 3.05) is 7.11 Å². The minimum Gasteiger partial charge on any atom is -0.497 e. The first kappa shape index (κ1) is 12.0. The van der Waals surface area contributed by atoms with Crippen LogP contribution in [-0.2, 0) is 12.8 Å². The van der Waals surface area contributed by atoms with E-state index in [1.165, 1.54) is 27.8 Å². The van der Waals surface area contributed by atoms with Gasteiger partial charge in [-0.2, -0.15) is 0 Å². The summed E-state index contributed by atoms with van der Waals surface area (Å²) in [5, 5.41) is 1.21. The van der Waals surface area contributed by atoms with Crippen LogP contribution < -0.4 is 4.74 Å². The minimum atomic E-state index is 0.893. The molecule has 0 fully saturated rings. The second-order valence-electron chi connectivity index (χ2n) is 5.05. The van der Waals surface area contributed by atoms with Crippen LogP contribution in [-0.4, -0.2) is 17.1 Å². The molecule has 100 valence electrons. The zero-order valence-electron chi connectivity index (χ0n) is 11.0. The van der Waals surface area contributed by atoms with E-state index in [2.05, 4.69) is 44.1 Å². The van der Waals surface area contributed by atoms with Gasteiger partial charge in [0.05, 0.1) is 12.8 Å². The molecule has 0 aliphatic heterocycles. The van der Waals surface area contributed by atoms with Gasteiger partial charge in [0, 0.05) is 21.6 Å². The second-order valence-corrected chi connectivity index (χ2v) is 5.97. The number of H-pyrrole nitrogens is 1. The van der Waals surface area contributed by atoms with Crippen LogP contribution in [0.2, 0.25) is 0 Å². The maximum Gasteiger partial charge on any atom is 0.138 e. The van der Waals surface area contributed by atoms with Crippen LogP contribution in [0.5, 0.6) is 5.75 Å². The third kappa shape index (κ3) is 1.68. The monoisotopic (exact) mass is 328 g/mol. The fraction of sp³-hybridized carbons (Fsp3) is 0.188. The van der Waals surface area contributed by atoms with E-state index in [9.17, 15) is 0 Å². The number of benzene rings is 1. The highest BCUT2D eigenvalue weighted by Gasteiger charge is 2.21. The van der Waals surface area contributed by atoms with Crippen LogP contribution in [0.4, 0.5) is 0 Å². The molecule has 0 saturated heterocycles. The number of rotatable bonds is 1. The van der Waals surface area contributed by atoms with Crippen molar-refractivity contribution >= 4 is 27.0 Å². The number of hydrogen-bond acceptors (Lipinski definition) is 2. The van der Waals surface area contributed by atoms with Gasteiger partial charge in [0.1, 0.15) is 11.4 Å². The normalized spacial score (nSPS) is 13.1. The highest BCUT2D eigenvalue weighted by molar-refractivity contribution is 9.10. The second kappa shape index (κ2) is 4.35. The van der Waals surface area contributed by atoms with E-state index >= 15 is 0 Å². The number of aryl methyl sites for hydroxylation is 2. The molecule has 4 heteroatoms. The van der Waals surface area contributed by atoms with Gasteiger partial charge in [-0.05, 0) is 58.1 Å². The van der Waals surface area contributed by atoms with Crippen molar-refractivity contribution in [2.45, 2.75) is 12.8 Å². The molecule has 0 atom stereocenters. The molecule has 3 nitrogen and oxygen atoms in total. The van der Waals surface area contributed by atoms with E-state index in [-0.39, 0.29) is 0 Å². The van der Waals surface area contributed by atoms with Gasteiger partial charge in [0.25, 0.3) is 0 Å². The summed E-state index contributed by atoms with van der Waals surface area (Å²) < 4.78 is 6.37. The number of ether oxygens (including phenoxy) is 1. The van der Waals surface area contributed by atoms with Crippen molar-refractivity contribution in [2.24, 2.45) is 0 Å². The number of nitrogens with one attached hydrogen (secondary N) is 1. The SMILES string of the molecule is COc1ccc2c(c1)-c1[nH]c3ncc(Br)cc3c1CC2.